The number of nitrogens with one attached hydrogen (secondary N) is 1. The van der Waals surface area contributed by atoms with Gasteiger partial charge >= 0.3 is 0 Å². The van der Waals surface area contributed by atoms with Crippen LogP contribution in [0.15, 0.2) is 39.6 Å². The smallest absolute Gasteiger partial charge is 0.124 e. The number of hydrogen-bond acceptors (Lipinski definition) is 3. The minimum absolute atomic E-state index is 0.172. The first kappa shape index (κ1) is 10.1. The van der Waals surface area contributed by atoms with E-state index < -0.39 is 0 Å². The fourth-order valence-corrected chi connectivity index (χ4v) is 1.70. The van der Waals surface area contributed by atoms with Crippen LogP contribution >= 0.6 is 0 Å². The minimum atomic E-state index is 0.172. The molecular formula is C12H15NO2. The van der Waals surface area contributed by atoms with Gasteiger partial charge in [-0.25, -0.2) is 0 Å². The van der Waals surface area contributed by atoms with Crippen LogP contribution in [0, 0.1) is 6.92 Å². The predicted molar refractivity (Wildman–Crippen MR) is 57.7 cm³/mol. The van der Waals surface area contributed by atoms with Crippen molar-refractivity contribution in [3.63, 3.8) is 0 Å². The van der Waals surface area contributed by atoms with Crippen molar-refractivity contribution in [3.8, 4) is 0 Å². The zero-order chi connectivity index (χ0) is 10.7. The Morgan fingerprint density at radius 3 is 2.67 bits per heavy atom. The standard InChI is InChI=1S/C12H15NO2/c1-9-5-7-15-12(9)11(13-2)8-10-4-3-6-14-10/h3-7,11,13H,8H2,1-2H3. The SMILES string of the molecule is CNC(Cc1ccco1)c1occc1C. The lowest BCUT2D eigenvalue weighted by Crippen LogP contribution is -2.18. The molecule has 0 amide bonds. The molecule has 0 saturated carbocycles. The molecule has 0 aliphatic carbocycles. The average molecular weight is 205 g/mol. The van der Waals surface area contributed by atoms with Gasteiger partial charge < -0.3 is 14.2 Å². The molecule has 2 heterocycles. The van der Waals surface area contributed by atoms with Crippen molar-refractivity contribution in [3.05, 3.63) is 47.8 Å². The van der Waals surface area contributed by atoms with E-state index in [1.54, 1.807) is 12.5 Å². The van der Waals surface area contributed by atoms with E-state index in [4.69, 9.17) is 8.83 Å². The van der Waals surface area contributed by atoms with E-state index in [1.165, 1.54) is 5.56 Å². The van der Waals surface area contributed by atoms with Crippen LogP contribution < -0.4 is 5.32 Å². The van der Waals surface area contributed by atoms with Gasteiger partial charge in [-0.1, -0.05) is 0 Å². The molecular weight excluding hydrogens is 190 g/mol. The Bertz CT molecular complexity index is 403. The summed E-state index contributed by atoms with van der Waals surface area (Å²) in [4.78, 5) is 0. The maximum absolute atomic E-state index is 5.46. The highest BCUT2D eigenvalue weighted by Crippen LogP contribution is 2.22. The third-order valence-electron chi connectivity index (χ3n) is 2.55. The second-order valence-corrected chi connectivity index (χ2v) is 3.59. The van der Waals surface area contributed by atoms with Crippen LogP contribution in [0.2, 0.25) is 0 Å². The number of likely N-dealkylation sites (N-methyl/N-ethyl adjacent to an activating group) is 1. The van der Waals surface area contributed by atoms with Crippen LogP contribution in [0.4, 0.5) is 0 Å². The maximum Gasteiger partial charge on any atom is 0.124 e. The molecule has 2 aromatic heterocycles. The first-order chi connectivity index (χ1) is 7.31. The summed E-state index contributed by atoms with van der Waals surface area (Å²) in [6.07, 6.45) is 4.21. The van der Waals surface area contributed by atoms with Crippen LogP contribution in [-0.2, 0) is 6.42 Å². The molecule has 0 spiro atoms. The molecule has 3 heteroatoms. The Morgan fingerprint density at radius 1 is 1.27 bits per heavy atom. The van der Waals surface area contributed by atoms with E-state index in [0.717, 1.165) is 17.9 Å². The number of aryl methyl sites for hydroxylation is 1. The van der Waals surface area contributed by atoms with Gasteiger partial charge in [0.25, 0.3) is 0 Å². The van der Waals surface area contributed by atoms with Gasteiger partial charge in [0.15, 0.2) is 0 Å². The molecule has 2 aromatic rings. The van der Waals surface area contributed by atoms with Crippen molar-refractivity contribution >= 4 is 0 Å². The Kier molecular flexibility index (Phi) is 2.92. The Balaban J connectivity index is 2.15. The molecule has 0 saturated heterocycles. The summed E-state index contributed by atoms with van der Waals surface area (Å²) in [5.74, 6) is 1.94. The van der Waals surface area contributed by atoms with Gasteiger partial charge in [0, 0.05) is 6.42 Å². The second-order valence-electron chi connectivity index (χ2n) is 3.59. The lowest BCUT2D eigenvalue weighted by atomic mass is 10.1. The second kappa shape index (κ2) is 4.36. The molecule has 3 nitrogen and oxygen atoms in total. The Morgan fingerprint density at radius 2 is 2.13 bits per heavy atom. The molecule has 15 heavy (non-hydrogen) atoms. The zero-order valence-electron chi connectivity index (χ0n) is 8.99. The van der Waals surface area contributed by atoms with Crippen molar-refractivity contribution in [2.75, 3.05) is 7.05 Å². The number of hydrogen-bond donors (Lipinski definition) is 1. The number of furan rings is 2. The third kappa shape index (κ3) is 2.13. The first-order valence-electron chi connectivity index (χ1n) is 5.05. The van der Waals surface area contributed by atoms with E-state index >= 15 is 0 Å². The molecule has 2 rings (SSSR count). The van der Waals surface area contributed by atoms with Crippen LogP contribution in [-0.4, -0.2) is 7.05 Å². The van der Waals surface area contributed by atoms with Crippen molar-refractivity contribution in [2.24, 2.45) is 0 Å². The topological polar surface area (TPSA) is 38.3 Å². The molecule has 1 N–H and O–H groups in total. The van der Waals surface area contributed by atoms with E-state index in [9.17, 15) is 0 Å². The maximum atomic E-state index is 5.46. The van der Waals surface area contributed by atoms with E-state index in [1.807, 2.05) is 32.2 Å². The molecule has 1 unspecified atom stereocenters. The third-order valence-corrected chi connectivity index (χ3v) is 2.55. The van der Waals surface area contributed by atoms with E-state index in [-0.39, 0.29) is 6.04 Å². The van der Waals surface area contributed by atoms with Gasteiger partial charge in [0.05, 0.1) is 18.6 Å². The van der Waals surface area contributed by atoms with Crippen molar-refractivity contribution < 1.29 is 8.83 Å². The van der Waals surface area contributed by atoms with Crippen molar-refractivity contribution in [2.45, 2.75) is 19.4 Å². The highest BCUT2D eigenvalue weighted by molar-refractivity contribution is 5.19. The van der Waals surface area contributed by atoms with Gasteiger partial charge in [0.1, 0.15) is 11.5 Å². The lowest BCUT2D eigenvalue weighted by molar-refractivity contribution is 0.398. The van der Waals surface area contributed by atoms with Gasteiger partial charge in [-0.2, -0.15) is 0 Å². The van der Waals surface area contributed by atoms with Crippen LogP contribution in [0.1, 0.15) is 23.1 Å². The largest absolute Gasteiger partial charge is 0.469 e. The average Bonchev–Trinajstić information content (AvgIpc) is 2.85. The van der Waals surface area contributed by atoms with Gasteiger partial charge in [-0.05, 0) is 37.7 Å². The molecule has 0 aliphatic heterocycles. The lowest BCUT2D eigenvalue weighted by Gasteiger charge is -2.12. The summed E-state index contributed by atoms with van der Waals surface area (Å²) in [5, 5.41) is 3.23. The van der Waals surface area contributed by atoms with Crippen molar-refractivity contribution in [1.82, 2.24) is 5.32 Å². The molecule has 0 aromatic carbocycles. The highest BCUT2D eigenvalue weighted by Gasteiger charge is 2.16. The molecule has 0 radical (unpaired) electrons. The van der Waals surface area contributed by atoms with Crippen molar-refractivity contribution in [1.29, 1.82) is 0 Å². The molecule has 80 valence electrons. The quantitative estimate of drug-likeness (QED) is 0.834. The minimum Gasteiger partial charge on any atom is -0.469 e. The van der Waals surface area contributed by atoms with Crippen LogP contribution in [0.3, 0.4) is 0 Å². The summed E-state index contributed by atoms with van der Waals surface area (Å²) in [6.45, 7) is 2.05. The van der Waals surface area contributed by atoms with Crippen LogP contribution in [0.25, 0.3) is 0 Å². The van der Waals surface area contributed by atoms with E-state index in [0.29, 0.717) is 0 Å². The Hall–Kier alpha value is -1.48. The molecule has 0 bridgehead atoms. The Labute approximate surface area is 89.1 Å². The summed E-state index contributed by atoms with van der Waals surface area (Å²) in [6, 6.07) is 6.02. The fraction of sp³-hybridized carbons (Fsp3) is 0.333. The molecule has 1 atom stereocenters. The zero-order valence-corrected chi connectivity index (χ0v) is 8.99. The highest BCUT2D eigenvalue weighted by atomic mass is 16.3. The summed E-state index contributed by atoms with van der Waals surface area (Å²) >= 11 is 0. The van der Waals surface area contributed by atoms with E-state index in [2.05, 4.69) is 5.32 Å². The predicted octanol–water partition coefficient (Wildman–Crippen LogP) is 2.68. The molecule has 0 fully saturated rings. The summed E-state index contributed by atoms with van der Waals surface area (Å²) in [5.41, 5.74) is 1.17. The summed E-state index contributed by atoms with van der Waals surface area (Å²) in [7, 11) is 1.93. The van der Waals surface area contributed by atoms with Crippen LogP contribution in [0.5, 0.6) is 0 Å². The normalized spacial score (nSPS) is 12.9. The molecule has 0 aliphatic rings. The first-order valence-corrected chi connectivity index (χ1v) is 5.05. The van der Waals surface area contributed by atoms with Gasteiger partial charge in [-0.3, -0.25) is 0 Å². The summed E-state index contributed by atoms with van der Waals surface area (Å²) < 4.78 is 10.8. The monoisotopic (exact) mass is 205 g/mol. The van der Waals surface area contributed by atoms with Gasteiger partial charge in [0.2, 0.25) is 0 Å². The number of rotatable bonds is 4. The van der Waals surface area contributed by atoms with Gasteiger partial charge in [-0.15, -0.1) is 0 Å². The fourth-order valence-electron chi connectivity index (χ4n) is 1.70.